The second-order valence-electron chi connectivity index (χ2n) is 3.25. The molecule has 0 aliphatic carbocycles. The standard InChI is InChI=1S/C10H20N2O2/c1-4-6-7-9(13)12-8(5-2)10(14)11-3/h8H,4-7H2,1-3H3,(H,11,14)(H,12,13)/t8-/m0/s1. The van der Waals surface area contributed by atoms with Crippen LogP contribution in [0.3, 0.4) is 0 Å². The van der Waals surface area contributed by atoms with E-state index in [1.165, 1.54) is 0 Å². The van der Waals surface area contributed by atoms with Crippen LogP contribution >= 0.6 is 0 Å². The van der Waals surface area contributed by atoms with Gasteiger partial charge in [-0.3, -0.25) is 9.59 Å². The maximum Gasteiger partial charge on any atom is 0.242 e. The highest BCUT2D eigenvalue weighted by atomic mass is 16.2. The van der Waals surface area contributed by atoms with Gasteiger partial charge in [0.1, 0.15) is 6.04 Å². The first-order chi connectivity index (χ1) is 6.65. The number of amides is 2. The molecule has 0 spiro atoms. The van der Waals surface area contributed by atoms with Gasteiger partial charge < -0.3 is 10.6 Å². The van der Waals surface area contributed by atoms with Gasteiger partial charge in [-0.05, 0) is 12.8 Å². The third-order valence-corrected chi connectivity index (χ3v) is 2.06. The molecule has 0 aliphatic rings. The van der Waals surface area contributed by atoms with Gasteiger partial charge in [0.05, 0.1) is 0 Å². The van der Waals surface area contributed by atoms with Crippen molar-refractivity contribution >= 4 is 11.8 Å². The number of carbonyl (C=O) groups is 2. The van der Waals surface area contributed by atoms with Crippen molar-refractivity contribution in [3.8, 4) is 0 Å². The first-order valence-electron chi connectivity index (χ1n) is 5.16. The fourth-order valence-electron chi connectivity index (χ4n) is 1.13. The molecule has 0 aromatic rings. The molecule has 0 saturated heterocycles. The Morgan fingerprint density at radius 3 is 2.36 bits per heavy atom. The fourth-order valence-corrected chi connectivity index (χ4v) is 1.13. The van der Waals surface area contributed by atoms with Crippen LogP contribution in [0.5, 0.6) is 0 Å². The molecule has 1 atom stereocenters. The molecule has 0 radical (unpaired) electrons. The lowest BCUT2D eigenvalue weighted by molar-refractivity contribution is -0.128. The first kappa shape index (κ1) is 12.9. The molecule has 0 rings (SSSR count). The SMILES string of the molecule is CCCCC(=O)N[C@@H](CC)C(=O)NC. The van der Waals surface area contributed by atoms with Gasteiger partial charge in [-0.2, -0.15) is 0 Å². The summed E-state index contributed by atoms with van der Waals surface area (Å²) in [5, 5.41) is 5.22. The van der Waals surface area contributed by atoms with Crippen molar-refractivity contribution in [1.82, 2.24) is 10.6 Å². The van der Waals surface area contributed by atoms with Gasteiger partial charge in [-0.1, -0.05) is 20.3 Å². The van der Waals surface area contributed by atoms with E-state index in [-0.39, 0.29) is 17.9 Å². The maximum absolute atomic E-state index is 11.3. The Morgan fingerprint density at radius 1 is 1.29 bits per heavy atom. The molecule has 4 nitrogen and oxygen atoms in total. The Balaban J connectivity index is 3.92. The summed E-state index contributed by atoms with van der Waals surface area (Å²) in [4.78, 5) is 22.5. The minimum Gasteiger partial charge on any atom is -0.357 e. The van der Waals surface area contributed by atoms with Crippen LogP contribution in [0.1, 0.15) is 39.5 Å². The third-order valence-electron chi connectivity index (χ3n) is 2.06. The molecule has 2 N–H and O–H groups in total. The van der Waals surface area contributed by atoms with Crippen molar-refractivity contribution in [1.29, 1.82) is 0 Å². The second kappa shape index (κ2) is 7.35. The Morgan fingerprint density at radius 2 is 1.93 bits per heavy atom. The molecule has 0 bridgehead atoms. The molecule has 2 amide bonds. The van der Waals surface area contributed by atoms with E-state index in [9.17, 15) is 9.59 Å². The summed E-state index contributed by atoms with van der Waals surface area (Å²) in [7, 11) is 1.57. The van der Waals surface area contributed by atoms with Gasteiger partial charge in [0.15, 0.2) is 0 Å². The van der Waals surface area contributed by atoms with Crippen LogP contribution in [0.25, 0.3) is 0 Å². The summed E-state index contributed by atoms with van der Waals surface area (Å²) in [5.74, 6) is -0.167. The normalized spacial score (nSPS) is 11.9. The number of hydrogen-bond donors (Lipinski definition) is 2. The van der Waals surface area contributed by atoms with Crippen molar-refractivity contribution in [2.75, 3.05) is 7.05 Å². The van der Waals surface area contributed by atoms with Gasteiger partial charge in [0, 0.05) is 13.5 Å². The quantitative estimate of drug-likeness (QED) is 0.667. The van der Waals surface area contributed by atoms with Crippen molar-refractivity contribution in [3.63, 3.8) is 0 Å². The van der Waals surface area contributed by atoms with Crippen molar-refractivity contribution in [2.24, 2.45) is 0 Å². The molecule has 0 heterocycles. The largest absolute Gasteiger partial charge is 0.357 e. The molecule has 0 fully saturated rings. The van der Waals surface area contributed by atoms with Gasteiger partial charge >= 0.3 is 0 Å². The van der Waals surface area contributed by atoms with Crippen LogP contribution in [-0.2, 0) is 9.59 Å². The lowest BCUT2D eigenvalue weighted by atomic mass is 10.2. The molecule has 82 valence electrons. The smallest absolute Gasteiger partial charge is 0.242 e. The molecule has 0 aromatic heterocycles. The minimum absolute atomic E-state index is 0.0395. The zero-order chi connectivity index (χ0) is 11.0. The van der Waals surface area contributed by atoms with Crippen LogP contribution in [-0.4, -0.2) is 24.9 Å². The van der Waals surface area contributed by atoms with Crippen LogP contribution in [0.15, 0.2) is 0 Å². The number of unbranched alkanes of at least 4 members (excludes halogenated alkanes) is 1. The zero-order valence-corrected chi connectivity index (χ0v) is 9.22. The summed E-state index contributed by atoms with van der Waals surface area (Å²) < 4.78 is 0. The van der Waals surface area contributed by atoms with Gasteiger partial charge in [0.25, 0.3) is 0 Å². The molecular weight excluding hydrogens is 180 g/mol. The van der Waals surface area contributed by atoms with E-state index in [0.29, 0.717) is 12.8 Å². The fraction of sp³-hybridized carbons (Fsp3) is 0.800. The highest BCUT2D eigenvalue weighted by Crippen LogP contribution is 1.96. The Bertz CT molecular complexity index is 193. The topological polar surface area (TPSA) is 58.2 Å². The number of nitrogens with one attached hydrogen (secondary N) is 2. The van der Waals surface area contributed by atoms with E-state index in [0.717, 1.165) is 12.8 Å². The van der Waals surface area contributed by atoms with Gasteiger partial charge in [0.2, 0.25) is 11.8 Å². The maximum atomic E-state index is 11.3. The van der Waals surface area contributed by atoms with E-state index in [1.807, 2.05) is 13.8 Å². The summed E-state index contributed by atoms with van der Waals surface area (Å²) >= 11 is 0. The molecule has 0 saturated carbocycles. The summed E-state index contributed by atoms with van der Waals surface area (Å²) in [5.41, 5.74) is 0. The van der Waals surface area contributed by atoms with E-state index in [2.05, 4.69) is 10.6 Å². The second-order valence-corrected chi connectivity index (χ2v) is 3.25. The molecular formula is C10H20N2O2. The van der Waals surface area contributed by atoms with Crippen LogP contribution in [0, 0.1) is 0 Å². The highest BCUT2D eigenvalue weighted by molar-refractivity contribution is 5.87. The van der Waals surface area contributed by atoms with Crippen molar-refractivity contribution < 1.29 is 9.59 Å². The minimum atomic E-state index is -0.385. The molecule has 0 aromatic carbocycles. The van der Waals surface area contributed by atoms with Crippen LogP contribution in [0.4, 0.5) is 0 Å². The van der Waals surface area contributed by atoms with E-state index in [1.54, 1.807) is 7.05 Å². The number of likely N-dealkylation sites (N-methyl/N-ethyl adjacent to an activating group) is 1. The zero-order valence-electron chi connectivity index (χ0n) is 9.22. The summed E-state index contributed by atoms with van der Waals surface area (Å²) in [6.45, 7) is 3.91. The average molecular weight is 200 g/mol. The summed E-state index contributed by atoms with van der Waals surface area (Å²) in [6.07, 6.45) is 2.99. The molecule has 14 heavy (non-hydrogen) atoms. The summed E-state index contributed by atoms with van der Waals surface area (Å²) in [6, 6.07) is -0.385. The average Bonchev–Trinajstić information content (AvgIpc) is 2.21. The van der Waals surface area contributed by atoms with Crippen LogP contribution in [0.2, 0.25) is 0 Å². The predicted molar refractivity (Wildman–Crippen MR) is 55.8 cm³/mol. The monoisotopic (exact) mass is 200 g/mol. The number of rotatable bonds is 6. The molecule has 0 aliphatic heterocycles. The Hall–Kier alpha value is -1.06. The molecule has 4 heteroatoms. The Labute approximate surface area is 85.4 Å². The number of carbonyl (C=O) groups excluding carboxylic acids is 2. The predicted octanol–water partition coefficient (Wildman–Crippen LogP) is 0.817. The molecule has 0 unspecified atom stereocenters. The van der Waals surface area contributed by atoms with Gasteiger partial charge in [-0.15, -0.1) is 0 Å². The van der Waals surface area contributed by atoms with Crippen molar-refractivity contribution in [3.05, 3.63) is 0 Å². The van der Waals surface area contributed by atoms with E-state index < -0.39 is 0 Å². The first-order valence-corrected chi connectivity index (χ1v) is 5.16. The van der Waals surface area contributed by atoms with Gasteiger partial charge in [-0.25, -0.2) is 0 Å². The number of hydrogen-bond acceptors (Lipinski definition) is 2. The Kier molecular flexibility index (Phi) is 6.80. The van der Waals surface area contributed by atoms with E-state index in [4.69, 9.17) is 0 Å². The highest BCUT2D eigenvalue weighted by Gasteiger charge is 2.16. The lowest BCUT2D eigenvalue weighted by Gasteiger charge is -2.14. The van der Waals surface area contributed by atoms with Crippen molar-refractivity contribution in [2.45, 2.75) is 45.6 Å². The van der Waals surface area contributed by atoms with Crippen LogP contribution < -0.4 is 10.6 Å². The third kappa shape index (κ3) is 4.84. The lowest BCUT2D eigenvalue weighted by Crippen LogP contribution is -2.45. The van der Waals surface area contributed by atoms with E-state index >= 15 is 0 Å².